The summed E-state index contributed by atoms with van der Waals surface area (Å²) in [4.78, 5) is 42.4. The number of carbonyl (C=O) groups is 3. The van der Waals surface area contributed by atoms with E-state index < -0.39 is 11.0 Å². The van der Waals surface area contributed by atoms with Crippen LogP contribution in [0.1, 0.15) is 89.2 Å². The van der Waals surface area contributed by atoms with Gasteiger partial charge in [0.2, 0.25) is 5.91 Å². The number of carbonyl (C=O) groups excluding carboxylic acids is 3. The van der Waals surface area contributed by atoms with Gasteiger partial charge < -0.3 is 14.4 Å². The number of esters is 2. The van der Waals surface area contributed by atoms with Crippen molar-refractivity contribution in [2.24, 2.45) is 5.92 Å². The smallest absolute Gasteiger partial charge is 0.308 e. The average molecular weight is 589 g/mol. The van der Waals surface area contributed by atoms with Crippen LogP contribution < -0.4 is 4.74 Å². The number of amides is 1. The van der Waals surface area contributed by atoms with Crippen molar-refractivity contribution in [2.75, 3.05) is 26.7 Å². The Hall–Kier alpha value is -3.19. The van der Waals surface area contributed by atoms with Gasteiger partial charge in [-0.25, -0.2) is 0 Å². The molecular weight excluding hydrogens is 540 g/mol. The normalized spacial score (nSPS) is 25.4. The summed E-state index contributed by atoms with van der Waals surface area (Å²) in [6.07, 6.45) is 10.1. The molecule has 2 aromatic rings. The molecule has 0 radical (unpaired) electrons. The number of likely N-dealkylation sites (tertiary alicyclic amines) is 1. The van der Waals surface area contributed by atoms with Gasteiger partial charge in [0.25, 0.3) is 0 Å². The Morgan fingerprint density at radius 3 is 2.44 bits per heavy atom. The molecule has 2 aliphatic carbocycles. The highest BCUT2D eigenvalue weighted by Gasteiger charge is 2.61. The molecule has 232 valence electrons. The molecule has 2 aromatic carbocycles. The van der Waals surface area contributed by atoms with E-state index in [1.165, 1.54) is 32.3 Å². The maximum Gasteiger partial charge on any atom is 0.308 e. The Morgan fingerprint density at radius 1 is 0.930 bits per heavy atom. The van der Waals surface area contributed by atoms with Crippen LogP contribution in [-0.4, -0.2) is 66.0 Å². The maximum atomic E-state index is 13.5. The number of unbranched alkanes of at least 4 members (excludes halogenated alkanes) is 2. The number of rotatable bonds is 12. The second-order valence-electron chi connectivity index (χ2n) is 13.2. The van der Waals surface area contributed by atoms with Crippen LogP contribution >= 0.6 is 0 Å². The van der Waals surface area contributed by atoms with Gasteiger partial charge in [-0.2, -0.15) is 0 Å². The lowest BCUT2D eigenvalue weighted by atomic mass is 9.55. The predicted octanol–water partition coefficient (Wildman–Crippen LogP) is 6.08. The van der Waals surface area contributed by atoms with Gasteiger partial charge in [-0.05, 0) is 93.5 Å². The minimum atomic E-state index is -0.710. The fraction of sp³-hybridized carbons (Fsp3) is 0.583. The van der Waals surface area contributed by atoms with Gasteiger partial charge in [0.05, 0.1) is 0 Å². The van der Waals surface area contributed by atoms with Gasteiger partial charge in [0.1, 0.15) is 11.4 Å². The maximum absolute atomic E-state index is 13.5. The van der Waals surface area contributed by atoms with Crippen LogP contribution in [0.2, 0.25) is 0 Å². The molecule has 1 saturated heterocycles. The molecule has 0 N–H and O–H groups in total. The lowest BCUT2D eigenvalue weighted by molar-refractivity contribution is -0.190. The van der Waals surface area contributed by atoms with E-state index in [0.29, 0.717) is 31.6 Å². The molecule has 1 heterocycles. The molecule has 1 aliphatic heterocycles. The first kappa shape index (κ1) is 31.2. The number of ether oxygens (including phenoxy) is 2. The zero-order valence-corrected chi connectivity index (χ0v) is 26.2. The molecule has 0 aromatic heterocycles. The number of benzene rings is 2. The summed E-state index contributed by atoms with van der Waals surface area (Å²) in [6.45, 7) is 5.55. The molecule has 43 heavy (non-hydrogen) atoms. The highest BCUT2D eigenvalue weighted by atomic mass is 16.6. The number of piperidine rings is 1. The molecule has 2 saturated carbocycles. The molecule has 3 aliphatic rings. The van der Waals surface area contributed by atoms with Crippen LogP contribution in [0.25, 0.3) is 0 Å². The van der Waals surface area contributed by atoms with Gasteiger partial charge in [-0.3, -0.25) is 19.3 Å². The van der Waals surface area contributed by atoms with Crippen molar-refractivity contribution in [3.05, 3.63) is 65.7 Å². The summed E-state index contributed by atoms with van der Waals surface area (Å²) in [5.74, 6) is 0.781. The zero-order chi connectivity index (χ0) is 30.5. The quantitative estimate of drug-likeness (QED) is 0.170. The third-order valence-corrected chi connectivity index (χ3v) is 10.0. The first-order valence-corrected chi connectivity index (χ1v) is 16.2. The minimum Gasteiger partial charge on any atom is -0.457 e. The van der Waals surface area contributed by atoms with Crippen LogP contribution in [0.15, 0.2) is 54.6 Å². The van der Waals surface area contributed by atoms with Gasteiger partial charge in [-0.1, -0.05) is 48.9 Å². The summed E-state index contributed by atoms with van der Waals surface area (Å²) in [5, 5.41) is 0. The fourth-order valence-corrected chi connectivity index (χ4v) is 7.64. The Kier molecular flexibility index (Phi) is 9.90. The SMILES string of the molecule is CC(=O)Oc1cccc([C@@]23CCN(CC4CC4)C[C@@]2(OC(C)=O)CC[C@H](N(C)C(=O)CCCCCc2ccccc2)C3)c1. The van der Waals surface area contributed by atoms with Crippen molar-refractivity contribution in [2.45, 2.75) is 102 Å². The van der Waals surface area contributed by atoms with Crippen molar-refractivity contribution in [1.29, 1.82) is 0 Å². The molecule has 0 spiro atoms. The van der Waals surface area contributed by atoms with Crippen molar-refractivity contribution in [3.8, 4) is 5.75 Å². The van der Waals surface area contributed by atoms with E-state index in [9.17, 15) is 14.4 Å². The van der Waals surface area contributed by atoms with Gasteiger partial charge in [0, 0.05) is 51.9 Å². The van der Waals surface area contributed by atoms with Crippen molar-refractivity contribution < 1.29 is 23.9 Å². The molecule has 3 fully saturated rings. The lowest BCUT2D eigenvalue weighted by Crippen LogP contribution is -2.68. The first-order chi connectivity index (χ1) is 20.7. The standard InChI is InChI=1S/C36H48N2O5/c1-27(39)42-33-15-10-14-31(23-33)35-21-22-38(25-30-17-18-30)26-36(35,43-28(2)40)20-19-32(24-35)37(3)34(41)16-9-5-8-13-29-11-6-4-7-12-29/h4,6-7,10-12,14-15,23,30,32H,5,8-9,13,16-22,24-26H2,1-3H3/t32-,35-,36-/m0/s1. The highest BCUT2D eigenvalue weighted by molar-refractivity contribution is 5.76. The molecule has 7 nitrogen and oxygen atoms in total. The second-order valence-corrected chi connectivity index (χ2v) is 13.2. The van der Waals surface area contributed by atoms with Crippen LogP contribution in [0.3, 0.4) is 0 Å². The predicted molar refractivity (Wildman–Crippen MR) is 167 cm³/mol. The van der Waals surface area contributed by atoms with E-state index in [2.05, 4.69) is 35.2 Å². The zero-order valence-electron chi connectivity index (χ0n) is 26.2. The van der Waals surface area contributed by atoms with E-state index in [0.717, 1.165) is 63.1 Å². The number of aryl methyl sites for hydroxylation is 1. The largest absolute Gasteiger partial charge is 0.457 e. The van der Waals surface area contributed by atoms with Gasteiger partial charge in [-0.15, -0.1) is 0 Å². The van der Waals surface area contributed by atoms with Crippen LogP contribution in [0.4, 0.5) is 0 Å². The molecule has 7 heteroatoms. The summed E-state index contributed by atoms with van der Waals surface area (Å²) in [7, 11) is 1.95. The van der Waals surface area contributed by atoms with E-state index >= 15 is 0 Å². The van der Waals surface area contributed by atoms with Crippen molar-refractivity contribution in [1.82, 2.24) is 9.80 Å². The molecule has 0 bridgehead atoms. The Balaban J connectivity index is 1.34. The van der Waals surface area contributed by atoms with Crippen LogP contribution in [0, 0.1) is 5.92 Å². The monoisotopic (exact) mass is 588 g/mol. The highest BCUT2D eigenvalue weighted by Crippen LogP contribution is 2.55. The van der Waals surface area contributed by atoms with E-state index in [-0.39, 0.29) is 23.9 Å². The Labute approximate surface area is 256 Å². The summed E-state index contributed by atoms with van der Waals surface area (Å²) in [5.41, 5.74) is 1.15. The molecule has 0 unspecified atom stereocenters. The molecule has 3 atom stereocenters. The van der Waals surface area contributed by atoms with E-state index in [4.69, 9.17) is 9.47 Å². The third-order valence-electron chi connectivity index (χ3n) is 10.0. The topological polar surface area (TPSA) is 76.2 Å². The third kappa shape index (κ3) is 7.49. The minimum absolute atomic E-state index is 0.0351. The lowest BCUT2D eigenvalue weighted by Gasteiger charge is -2.60. The van der Waals surface area contributed by atoms with E-state index in [1.807, 2.05) is 30.1 Å². The summed E-state index contributed by atoms with van der Waals surface area (Å²) in [6, 6.07) is 18.3. The van der Waals surface area contributed by atoms with Crippen molar-refractivity contribution >= 4 is 17.8 Å². The van der Waals surface area contributed by atoms with Crippen LogP contribution in [0.5, 0.6) is 5.75 Å². The molecule has 1 amide bonds. The van der Waals surface area contributed by atoms with Crippen LogP contribution in [-0.2, 0) is 31.0 Å². The molecular formula is C36H48N2O5. The average Bonchev–Trinajstić information content (AvgIpc) is 3.80. The van der Waals surface area contributed by atoms with Gasteiger partial charge in [0.15, 0.2) is 0 Å². The fourth-order valence-electron chi connectivity index (χ4n) is 7.64. The summed E-state index contributed by atoms with van der Waals surface area (Å²) < 4.78 is 11.9. The second kappa shape index (κ2) is 13.6. The molecule has 5 rings (SSSR count). The Morgan fingerprint density at radius 2 is 1.72 bits per heavy atom. The number of hydrogen-bond acceptors (Lipinski definition) is 6. The van der Waals surface area contributed by atoms with Crippen molar-refractivity contribution in [3.63, 3.8) is 0 Å². The van der Waals surface area contributed by atoms with Gasteiger partial charge >= 0.3 is 11.9 Å². The number of nitrogens with zero attached hydrogens (tertiary/aromatic N) is 2. The Bertz CT molecular complexity index is 1280. The summed E-state index contributed by atoms with van der Waals surface area (Å²) >= 11 is 0. The number of hydrogen-bond donors (Lipinski definition) is 0. The van der Waals surface area contributed by atoms with E-state index in [1.54, 1.807) is 6.07 Å². The first-order valence-electron chi connectivity index (χ1n) is 16.2. The number of fused-ring (bicyclic) bond motifs is 1.